The van der Waals surface area contributed by atoms with Gasteiger partial charge in [-0.05, 0) is 39.8 Å². The number of quaternary nitrogens is 2. The van der Waals surface area contributed by atoms with Crippen LogP contribution in [0.3, 0.4) is 0 Å². The largest absolute Gasteiger partial charge is 1.00 e. The molecule has 0 aliphatic heterocycles. The number of likely N-dealkylation sites (N-methyl/N-ethyl adjacent to an activating group) is 2. The predicted molar refractivity (Wildman–Crippen MR) is 163 cm³/mol. The summed E-state index contributed by atoms with van der Waals surface area (Å²) in [6.45, 7) is 16.1. The monoisotopic (exact) mass is 678 g/mol. The lowest BCUT2D eigenvalue weighted by atomic mass is 10.1. The maximum Gasteiger partial charge on any atom is 0.309 e. The first-order valence-electron chi connectivity index (χ1n) is 13.0. The molecule has 2 rings (SSSR count). The molecule has 2 aromatic rings. The minimum absolute atomic E-state index is 0. The summed E-state index contributed by atoms with van der Waals surface area (Å²) in [7, 11) is 0. The number of rotatable bonds is 14. The van der Waals surface area contributed by atoms with Crippen LogP contribution in [-0.4, -0.2) is 95.0 Å². The van der Waals surface area contributed by atoms with E-state index in [0.29, 0.717) is 13.1 Å². The van der Waals surface area contributed by atoms with E-state index in [4.69, 9.17) is 23.2 Å². The topological polar surface area (TPSA) is 184 Å². The normalized spacial score (nSPS) is 10.1. The Morgan fingerprint density at radius 2 is 0.881 bits per heavy atom. The highest BCUT2D eigenvalue weighted by molar-refractivity contribution is 6.35. The number of halogens is 4. The molecule has 0 unspecified atom stereocenters. The zero-order valence-corrected chi connectivity index (χ0v) is 27.9. The summed E-state index contributed by atoms with van der Waals surface area (Å²) in [4.78, 5) is 24.9. The van der Waals surface area contributed by atoms with Crippen molar-refractivity contribution in [1.82, 2.24) is 10.6 Å². The highest BCUT2D eigenvalue weighted by Gasteiger charge is 2.27. The number of hydrogen-bond donors (Lipinski definition) is 2. The quantitative estimate of drug-likeness (QED) is 0.151. The maximum absolute atomic E-state index is 12.5. The second-order valence-corrected chi connectivity index (χ2v) is 10.2. The smallest absolute Gasteiger partial charge is 0.309 e. The molecular weight excluding hydrogens is 630 g/mol. The Balaban J connectivity index is -0.000000761. The van der Waals surface area contributed by atoms with Crippen molar-refractivity contribution >= 4 is 35.0 Å². The molecule has 0 aliphatic rings. The second kappa shape index (κ2) is 24.7. The lowest BCUT2D eigenvalue weighted by molar-refractivity contribution is -0.936. The molecule has 0 aromatic heterocycles. The van der Waals surface area contributed by atoms with Crippen molar-refractivity contribution in [1.29, 1.82) is 0 Å². The standard InChI is InChI=1S/C28H40Cl2N4O2.2ClH.4H2O/c1-5-33(6-2,21-23-13-9-11-15-25(23)29)19-17-31-27(35)28(36)32-18-20-34(7-3,8-4)22-24-14-10-12-16-26(24)30;;;;;;/h9-16H,5-8,17-22H2,1-4H3;2*1H;4*1H2. The highest BCUT2D eigenvalue weighted by Crippen LogP contribution is 2.22. The molecule has 0 saturated heterocycles. The molecule has 0 radical (unpaired) electrons. The lowest BCUT2D eigenvalue weighted by Gasteiger charge is -2.37. The summed E-state index contributed by atoms with van der Waals surface area (Å²) in [5, 5.41) is 7.13. The average molecular weight is 681 g/mol. The second-order valence-electron chi connectivity index (χ2n) is 9.41. The van der Waals surface area contributed by atoms with Crippen molar-refractivity contribution in [3.63, 3.8) is 0 Å². The SMILES string of the molecule is CC[N+](CC)(CCNC(=O)C(=O)NCC[N+](CC)(CC)Cc1ccccc1Cl)Cc1ccccc1Cl.O.O.O.O.[Cl-].[Cl-]. The Kier molecular flexibility index (Phi) is 29.4. The van der Waals surface area contributed by atoms with Gasteiger partial charge in [-0.1, -0.05) is 59.6 Å². The minimum atomic E-state index is -0.588. The number of nitrogens with one attached hydrogen (secondary N) is 2. The molecular formula is C28H50Cl4N4O6. The van der Waals surface area contributed by atoms with Crippen LogP contribution in [0.1, 0.15) is 38.8 Å². The molecule has 10 N–H and O–H groups in total. The number of carbonyl (C=O) groups is 2. The Hall–Kier alpha value is -1.70. The summed E-state index contributed by atoms with van der Waals surface area (Å²) in [5.74, 6) is -1.18. The van der Waals surface area contributed by atoms with Crippen LogP contribution < -0.4 is 35.4 Å². The molecule has 0 heterocycles. The Bertz CT molecular complexity index is 932. The molecule has 42 heavy (non-hydrogen) atoms. The first-order chi connectivity index (χ1) is 17.2. The van der Waals surface area contributed by atoms with E-state index < -0.39 is 11.8 Å². The lowest BCUT2D eigenvalue weighted by Crippen LogP contribution is -3.00. The first kappa shape index (κ1) is 50.0. The zero-order chi connectivity index (χ0) is 26.6. The Labute approximate surface area is 273 Å². The summed E-state index contributed by atoms with van der Waals surface area (Å²) in [5.41, 5.74) is 2.19. The van der Waals surface area contributed by atoms with Crippen molar-refractivity contribution < 1.29 is 65.3 Å². The Morgan fingerprint density at radius 1 is 0.595 bits per heavy atom. The van der Waals surface area contributed by atoms with Crippen LogP contribution in [0, 0.1) is 0 Å². The average Bonchev–Trinajstić information content (AvgIpc) is 2.89. The van der Waals surface area contributed by atoms with Crippen LogP contribution in [-0.2, 0) is 22.7 Å². The van der Waals surface area contributed by atoms with Gasteiger partial charge in [0.15, 0.2) is 0 Å². The summed E-state index contributed by atoms with van der Waals surface area (Å²) < 4.78 is 1.56. The number of hydrogen-bond acceptors (Lipinski definition) is 2. The number of amides is 2. The van der Waals surface area contributed by atoms with Gasteiger partial charge in [0.05, 0.1) is 52.4 Å². The summed E-state index contributed by atoms with van der Waals surface area (Å²) in [6.07, 6.45) is 0. The molecule has 246 valence electrons. The summed E-state index contributed by atoms with van der Waals surface area (Å²) in [6, 6.07) is 15.7. The van der Waals surface area contributed by atoms with Gasteiger partial charge in [-0.3, -0.25) is 9.59 Å². The molecule has 0 bridgehead atoms. The van der Waals surface area contributed by atoms with Gasteiger partial charge in [0.1, 0.15) is 13.1 Å². The van der Waals surface area contributed by atoms with E-state index in [9.17, 15) is 9.59 Å². The van der Waals surface area contributed by atoms with Gasteiger partial charge >= 0.3 is 11.8 Å². The third-order valence-corrected chi connectivity index (χ3v) is 8.30. The molecule has 0 atom stereocenters. The van der Waals surface area contributed by atoms with Crippen LogP contribution in [0.2, 0.25) is 10.0 Å². The van der Waals surface area contributed by atoms with E-state index in [1.165, 1.54) is 0 Å². The van der Waals surface area contributed by atoms with Gasteiger partial charge in [0.2, 0.25) is 0 Å². The van der Waals surface area contributed by atoms with Crippen molar-refractivity contribution in [2.24, 2.45) is 0 Å². The minimum Gasteiger partial charge on any atom is -1.00 e. The fourth-order valence-corrected chi connectivity index (χ4v) is 5.03. The van der Waals surface area contributed by atoms with E-state index in [-0.39, 0.29) is 46.7 Å². The van der Waals surface area contributed by atoms with Crippen LogP contribution in [0.4, 0.5) is 0 Å². The van der Waals surface area contributed by atoms with Gasteiger partial charge in [0, 0.05) is 21.2 Å². The van der Waals surface area contributed by atoms with E-state index in [2.05, 4.69) is 38.3 Å². The van der Waals surface area contributed by atoms with Gasteiger partial charge < -0.3 is 66.3 Å². The van der Waals surface area contributed by atoms with Gasteiger partial charge in [-0.2, -0.15) is 0 Å². The molecule has 0 spiro atoms. The van der Waals surface area contributed by atoms with Crippen molar-refractivity contribution in [3.8, 4) is 0 Å². The molecule has 2 amide bonds. The van der Waals surface area contributed by atoms with Crippen molar-refractivity contribution in [2.45, 2.75) is 40.8 Å². The zero-order valence-electron chi connectivity index (χ0n) is 24.9. The third kappa shape index (κ3) is 14.7. The molecule has 2 aromatic carbocycles. The highest BCUT2D eigenvalue weighted by atomic mass is 35.5. The van der Waals surface area contributed by atoms with E-state index in [1.807, 2.05) is 48.5 Å². The van der Waals surface area contributed by atoms with Gasteiger partial charge in [0.25, 0.3) is 0 Å². The van der Waals surface area contributed by atoms with Gasteiger partial charge in [-0.25, -0.2) is 0 Å². The molecule has 0 fully saturated rings. The van der Waals surface area contributed by atoms with Crippen LogP contribution in [0.25, 0.3) is 0 Å². The number of benzene rings is 2. The molecule has 0 saturated carbocycles. The fraction of sp³-hybridized carbons (Fsp3) is 0.500. The Morgan fingerprint density at radius 3 is 1.14 bits per heavy atom. The van der Waals surface area contributed by atoms with Crippen molar-refractivity contribution in [3.05, 3.63) is 69.7 Å². The number of carbonyl (C=O) groups excluding carboxylic acids is 2. The number of nitrogens with zero attached hydrogens (tertiary/aromatic N) is 2. The first-order valence-corrected chi connectivity index (χ1v) is 13.7. The maximum atomic E-state index is 12.5. The predicted octanol–water partition coefficient (Wildman–Crippen LogP) is -4.65. The van der Waals surface area contributed by atoms with Gasteiger partial charge in [-0.15, -0.1) is 0 Å². The molecule has 0 aliphatic carbocycles. The van der Waals surface area contributed by atoms with Crippen LogP contribution in [0.15, 0.2) is 48.5 Å². The van der Waals surface area contributed by atoms with E-state index >= 15 is 0 Å². The third-order valence-electron chi connectivity index (χ3n) is 7.56. The van der Waals surface area contributed by atoms with E-state index in [1.54, 1.807) is 0 Å². The fourth-order valence-electron chi connectivity index (χ4n) is 4.63. The summed E-state index contributed by atoms with van der Waals surface area (Å²) >= 11 is 12.8. The molecule has 10 nitrogen and oxygen atoms in total. The molecule has 14 heteroatoms. The van der Waals surface area contributed by atoms with E-state index in [0.717, 1.165) is 82.5 Å². The van der Waals surface area contributed by atoms with Crippen molar-refractivity contribution in [2.75, 3.05) is 52.4 Å². The van der Waals surface area contributed by atoms with Crippen LogP contribution >= 0.6 is 23.2 Å². The van der Waals surface area contributed by atoms with Crippen LogP contribution in [0.5, 0.6) is 0 Å².